The smallest absolute Gasteiger partial charge is 0.328 e. The van der Waals surface area contributed by atoms with Crippen molar-refractivity contribution >= 4 is 29.3 Å². The van der Waals surface area contributed by atoms with E-state index in [0.29, 0.717) is 10.4 Å². The van der Waals surface area contributed by atoms with E-state index in [1.807, 2.05) is 0 Å². The Kier molecular flexibility index (Phi) is 6.20. The summed E-state index contributed by atoms with van der Waals surface area (Å²) in [7, 11) is 0. The summed E-state index contributed by atoms with van der Waals surface area (Å²) in [6.45, 7) is -0.0611. The van der Waals surface area contributed by atoms with Gasteiger partial charge < -0.3 is 20.2 Å². The predicted molar refractivity (Wildman–Crippen MR) is 71.1 cm³/mol. The molecule has 0 fully saturated rings. The molecule has 19 heavy (non-hydrogen) atoms. The Hall–Kier alpha value is -1.70. The second kappa shape index (κ2) is 7.67. The zero-order chi connectivity index (χ0) is 14.3. The minimum absolute atomic E-state index is 0.148. The quantitative estimate of drug-likeness (QED) is 0.625. The SMILES string of the molecule is O=C(O)C=Cc1cc(C(=O)N(CCO)CCO)cs1. The summed E-state index contributed by atoms with van der Waals surface area (Å²) in [5.74, 6) is -1.35. The molecule has 0 saturated heterocycles. The number of carboxylic acid groups (broad SMARTS) is 1. The van der Waals surface area contributed by atoms with Gasteiger partial charge in [0.1, 0.15) is 0 Å². The average molecular weight is 285 g/mol. The van der Waals surface area contributed by atoms with Crippen LogP contribution in [0.4, 0.5) is 0 Å². The number of amides is 1. The van der Waals surface area contributed by atoms with E-state index in [1.165, 1.54) is 22.3 Å². The Morgan fingerprint density at radius 1 is 1.26 bits per heavy atom. The molecule has 0 atom stereocenters. The number of hydrogen-bond donors (Lipinski definition) is 3. The largest absolute Gasteiger partial charge is 0.478 e. The van der Waals surface area contributed by atoms with E-state index < -0.39 is 5.97 Å². The number of aliphatic hydroxyl groups excluding tert-OH is 2. The van der Waals surface area contributed by atoms with Crippen molar-refractivity contribution < 1.29 is 24.9 Å². The monoisotopic (exact) mass is 285 g/mol. The molecule has 1 aromatic rings. The van der Waals surface area contributed by atoms with Gasteiger partial charge in [0.05, 0.1) is 18.8 Å². The van der Waals surface area contributed by atoms with Gasteiger partial charge in [-0.2, -0.15) is 0 Å². The maximum Gasteiger partial charge on any atom is 0.328 e. The van der Waals surface area contributed by atoms with Crippen molar-refractivity contribution in [2.45, 2.75) is 0 Å². The van der Waals surface area contributed by atoms with E-state index in [0.717, 1.165) is 6.08 Å². The van der Waals surface area contributed by atoms with Crippen LogP contribution < -0.4 is 0 Å². The molecule has 0 unspecified atom stereocenters. The lowest BCUT2D eigenvalue weighted by atomic mass is 10.2. The third kappa shape index (κ3) is 4.82. The van der Waals surface area contributed by atoms with Crippen LogP contribution in [0.3, 0.4) is 0 Å². The van der Waals surface area contributed by atoms with Crippen LogP contribution in [0, 0.1) is 0 Å². The van der Waals surface area contributed by atoms with Crippen molar-refractivity contribution in [2.24, 2.45) is 0 Å². The van der Waals surface area contributed by atoms with Gasteiger partial charge in [0.25, 0.3) is 5.91 Å². The summed E-state index contributed by atoms with van der Waals surface area (Å²) in [5.41, 5.74) is 0.414. The van der Waals surface area contributed by atoms with Crippen molar-refractivity contribution in [3.05, 3.63) is 28.0 Å². The normalized spacial score (nSPS) is 10.8. The molecule has 7 heteroatoms. The Balaban J connectivity index is 2.78. The lowest BCUT2D eigenvalue weighted by Crippen LogP contribution is -2.35. The summed E-state index contributed by atoms with van der Waals surface area (Å²) in [5, 5.41) is 27.8. The predicted octanol–water partition coefficient (Wildman–Crippen LogP) is 0.273. The third-order valence-corrected chi connectivity index (χ3v) is 3.18. The van der Waals surface area contributed by atoms with Crippen LogP contribution in [0.25, 0.3) is 6.08 Å². The van der Waals surface area contributed by atoms with E-state index in [-0.39, 0.29) is 32.2 Å². The maximum absolute atomic E-state index is 12.0. The highest BCUT2D eigenvalue weighted by molar-refractivity contribution is 7.11. The molecule has 3 N–H and O–H groups in total. The fraction of sp³-hybridized carbons (Fsp3) is 0.333. The molecule has 0 aliphatic carbocycles. The summed E-state index contributed by atoms with van der Waals surface area (Å²) in [6.07, 6.45) is 2.41. The molecule has 1 aromatic heterocycles. The Morgan fingerprint density at radius 2 is 1.89 bits per heavy atom. The molecule has 0 aliphatic heterocycles. The van der Waals surface area contributed by atoms with Crippen LogP contribution in [0.15, 0.2) is 17.5 Å². The topological polar surface area (TPSA) is 98.1 Å². The number of rotatable bonds is 7. The zero-order valence-electron chi connectivity index (χ0n) is 10.2. The minimum atomic E-state index is -1.05. The first-order valence-corrected chi connectivity index (χ1v) is 6.47. The second-order valence-corrected chi connectivity index (χ2v) is 4.59. The summed E-state index contributed by atoms with van der Waals surface area (Å²) >= 11 is 1.25. The first kappa shape index (κ1) is 15.4. The lowest BCUT2D eigenvalue weighted by Gasteiger charge is -2.19. The van der Waals surface area contributed by atoms with Crippen molar-refractivity contribution in [3.63, 3.8) is 0 Å². The molecule has 0 bridgehead atoms. The van der Waals surface area contributed by atoms with E-state index in [9.17, 15) is 9.59 Å². The fourth-order valence-electron chi connectivity index (χ4n) is 1.44. The van der Waals surface area contributed by atoms with Crippen LogP contribution >= 0.6 is 11.3 Å². The van der Waals surface area contributed by atoms with E-state index in [2.05, 4.69) is 0 Å². The van der Waals surface area contributed by atoms with Gasteiger partial charge in [-0.25, -0.2) is 4.79 Å². The summed E-state index contributed by atoms with van der Waals surface area (Å²) < 4.78 is 0. The highest BCUT2D eigenvalue weighted by Crippen LogP contribution is 2.18. The molecule has 6 nitrogen and oxygen atoms in total. The Morgan fingerprint density at radius 3 is 2.42 bits per heavy atom. The number of carbonyl (C=O) groups excluding carboxylic acids is 1. The van der Waals surface area contributed by atoms with Gasteiger partial charge in [-0.3, -0.25) is 4.79 Å². The number of nitrogens with zero attached hydrogens (tertiary/aromatic N) is 1. The van der Waals surface area contributed by atoms with Crippen LogP contribution in [0.5, 0.6) is 0 Å². The van der Waals surface area contributed by atoms with Crippen LogP contribution in [0.2, 0.25) is 0 Å². The van der Waals surface area contributed by atoms with E-state index in [4.69, 9.17) is 15.3 Å². The molecule has 0 aromatic carbocycles. The Bertz CT molecular complexity index is 462. The number of aliphatic carboxylic acids is 1. The molecule has 0 aliphatic rings. The summed E-state index contributed by atoms with van der Waals surface area (Å²) in [4.78, 5) is 24.4. The van der Waals surface area contributed by atoms with Gasteiger partial charge in [0.15, 0.2) is 0 Å². The molecule has 1 heterocycles. The first-order valence-electron chi connectivity index (χ1n) is 5.59. The maximum atomic E-state index is 12.0. The second-order valence-electron chi connectivity index (χ2n) is 3.65. The molecular formula is C12H15NO5S. The van der Waals surface area contributed by atoms with Crippen LogP contribution in [-0.4, -0.2) is 58.4 Å². The summed E-state index contributed by atoms with van der Waals surface area (Å²) in [6, 6.07) is 1.58. The van der Waals surface area contributed by atoms with Crippen LogP contribution in [0.1, 0.15) is 15.2 Å². The molecule has 0 radical (unpaired) electrons. The first-order chi connectivity index (χ1) is 9.08. The molecule has 1 rings (SSSR count). The number of thiophene rings is 1. The number of aliphatic hydroxyl groups is 2. The van der Waals surface area contributed by atoms with Gasteiger partial charge in [-0.05, 0) is 12.1 Å². The fourth-order valence-corrected chi connectivity index (χ4v) is 2.22. The Labute approximate surface area is 114 Å². The van der Waals surface area contributed by atoms with Gasteiger partial charge >= 0.3 is 5.97 Å². The van der Waals surface area contributed by atoms with Crippen molar-refractivity contribution in [3.8, 4) is 0 Å². The van der Waals surface area contributed by atoms with E-state index in [1.54, 1.807) is 11.4 Å². The molecule has 0 spiro atoms. The van der Waals surface area contributed by atoms with Crippen molar-refractivity contribution in [1.29, 1.82) is 0 Å². The number of carbonyl (C=O) groups is 2. The van der Waals surface area contributed by atoms with Gasteiger partial charge in [0, 0.05) is 29.4 Å². The standard InChI is InChI=1S/C12H15NO5S/c14-5-3-13(4-6-15)12(18)9-7-10(19-8-9)1-2-11(16)17/h1-2,7-8,14-15H,3-6H2,(H,16,17). The average Bonchev–Trinajstić information content (AvgIpc) is 2.84. The number of carboxylic acids is 1. The van der Waals surface area contributed by atoms with E-state index >= 15 is 0 Å². The van der Waals surface area contributed by atoms with Crippen LogP contribution in [-0.2, 0) is 4.79 Å². The minimum Gasteiger partial charge on any atom is -0.478 e. The number of hydrogen-bond acceptors (Lipinski definition) is 5. The molecule has 0 saturated carbocycles. The van der Waals surface area contributed by atoms with Gasteiger partial charge in [-0.15, -0.1) is 11.3 Å². The highest BCUT2D eigenvalue weighted by atomic mass is 32.1. The lowest BCUT2D eigenvalue weighted by molar-refractivity contribution is -0.131. The molecule has 104 valence electrons. The van der Waals surface area contributed by atoms with Crippen molar-refractivity contribution in [2.75, 3.05) is 26.3 Å². The molecular weight excluding hydrogens is 270 g/mol. The van der Waals surface area contributed by atoms with Gasteiger partial charge in [0.2, 0.25) is 0 Å². The third-order valence-electron chi connectivity index (χ3n) is 2.28. The van der Waals surface area contributed by atoms with Gasteiger partial charge in [-0.1, -0.05) is 0 Å². The highest BCUT2D eigenvalue weighted by Gasteiger charge is 2.15. The zero-order valence-corrected chi connectivity index (χ0v) is 11.0. The molecule has 1 amide bonds. The van der Waals surface area contributed by atoms with Crippen molar-refractivity contribution in [1.82, 2.24) is 4.90 Å².